The van der Waals surface area contributed by atoms with E-state index in [0.717, 1.165) is 32.3 Å². The van der Waals surface area contributed by atoms with Gasteiger partial charge in [0.1, 0.15) is 0 Å². The minimum atomic E-state index is -0.943. The first-order valence-electron chi connectivity index (χ1n) is 6.19. The number of hydrogen-bond donors (Lipinski definition) is 0. The van der Waals surface area contributed by atoms with Crippen molar-refractivity contribution in [1.82, 2.24) is 0 Å². The summed E-state index contributed by atoms with van der Waals surface area (Å²) in [6.07, 6.45) is 4.77. The summed E-state index contributed by atoms with van der Waals surface area (Å²) in [6.45, 7) is 2.70. The summed E-state index contributed by atoms with van der Waals surface area (Å²) >= 11 is 0. The fourth-order valence-electron chi connectivity index (χ4n) is 1.94. The van der Waals surface area contributed by atoms with Crippen LogP contribution in [-0.2, 0) is 25.1 Å². The summed E-state index contributed by atoms with van der Waals surface area (Å²) in [5, 5.41) is -0.119. The summed E-state index contributed by atoms with van der Waals surface area (Å²) in [4.78, 5) is 11.0. The van der Waals surface area contributed by atoms with Crippen molar-refractivity contribution in [3.8, 4) is 0 Å². The van der Waals surface area contributed by atoms with Crippen LogP contribution < -0.4 is 0 Å². The molecule has 0 saturated carbocycles. The van der Waals surface area contributed by atoms with Crippen LogP contribution >= 0.6 is 0 Å². The molecule has 0 N–H and O–H groups in total. The third-order valence-electron chi connectivity index (χ3n) is 3.03. The van der Waals surface area contributed by atoms with Crippen LogP contribution in [0.5, 0.6) is 0 Å². The maximum absolute atomic E-state index is 11.8. The van der Waals surface area contributed by atoms with Gasteiger partial charge in [-0.05, 0) is 25.7 Å². The Bertz CT molecular complexity index is 261. The van der Waals surface area contributed by atoms with Gasteiger partial charge in [-0.15, -0.1) is 0 Å². The predicted molar refractivity (Wildman–Crippen MR) is 67.3 cm³/mol. The molecule has 0 aliphatic carbocycles. The van der Waals surface area contributed by atoms with E-state index < -0.39 is 10.8 Å². The molecule has 17 heavy (non-hydrogen) atoms. The van der Waals surface area contributed by atoms with E-state index in [1.165, 1.54) is 7.11 Å². The van der Waals surface area contributed by atoms with E-state index in [1.807, 2.05) is 6.92 Å². The van der Waals surface area contributed by atoms with Gasteiger partial charge in [-0.2, -0.15) is 0 Å². The second-order valence-electron chi connectivity index (χ2n) is 4.45. The Morgan fingerprint density at radius 1 is 1.59 bits per heavy atom. The fraction of sp³-hybridized carbons (Fsp3) is 0.917. The number of ether oxygens (including phenoxy) is 2. The molecule has 0 bridgehead atoms. The van der Waals surface area contributed by atoms with E-state index in [4.69, 9.17) is 4.74 Å². The van der Waals surface area contributed by atoms with Crippen LogP contribution in [-0.4, -0.2) is 41.0 Å². The lowest BCUT2D eigenvalue weighted by Crippen LogP contribution is -2.19. The Hall–Kier alpha value is -0.420. The van der Waals surface area contributed by atoms with Crippen molar-refractivity contribution >= 4 is 16.8 Å². The lowest BCUT2D eigenvalue weighted by molar-refractivity contribution is -0.140. The molecule has 0 amide bonds. The van der Waals surface area contributed by atoms with Crippen LogP contribution in [0.3, 0.4) is 0 Å². The Kier molecular flexibility index (Phi) is 6.73. The summed E-state index contributed by atoms with van der Waals surface area (Å²) in [5.41, 5.74) is 0. The molecule has 0 aromatic carbocycles. The molecule has 100 valence electrons. The number of esters is 1. The number of methoxy groups -OCH3 is 1. The van der Waals surface area contributed by atoms with Crippen LogP contribution in [0, 0.1) is 0 Å². The van der Waals surface area contributed by atoms with Crippen molar-refractivity contribution in [2.75, 3.05) is 19.5 Å². The zero-order valence-corrected chi connectivity index (χ0v) is 11.5. The highest BCUT2D eigenvalue weighted by Gasteiger charge is 2.18. The number of carbonyl (C=O) groups is 1. The number of hydrogen-bond acceptors (Lipinski definition) is 4. The van der Waals surface area contributed by atoms with Crippen LogP contribution in [0.1, 0.15) is 39.0 Å². The van der Waals surface area contributed by atoms with Gasteiger partial charge in [0, 0.05) is 28.4 Å². The molecule has 1 heterocycles. The molecular formula is C12H22O4S. The molecular weight excluding hydrogens is 240 g/mol. The summed E-state index contributed by atoms with van der Waals surface area (Å²) < 4.78 is 21.9. The van der Waals surface area contributed by atoms with Crippen molar-refractivity contribution in [3.63, 3.8) is 0 Å². The molecule has 1 saturated heterocycles. The Labute approximate surface area is 106 Å². The van der Waals surface area contributed by atoms with Gasteiger partial charge in [-0.3, -0.25) is 9.00 Å². The maximum atomic E-state index is 11.8. The lowest BCUT2D eigenvalue weighted by atomic mass is 10.1. The standard InChI is InChI=1S/C12H22O4S/c1-10(9-12(13)15-2)17(14)8-4-6-11-5-3-7-16-11/h10-11H,3-9H2,1-2H3. The predicted octanol–water partition coefficient (Wildman–Crippen LogP) is 1.65. The van der Waals surface area contributed by atoms with E-state index in [2.05, 4.69) is 4.74 Å². The minimum absolute atomic E-state index is 0.119. The topological polar surface area (TPSA) is 52.6 Å². The normalized spacial score (nSPS) is 23.3. The van der Waals surface area contributed by atoms with E-state index in [-0.39, 0.29) is 17.6 Å². The fourth-order valence-corrected chi connectivity index (χ4v) is 3.11. The molecule has 3 unspecified atom stereocenters. The van der Waals surface area contributed by atoms with Gasteiger partial charge in [-0.1, -0.05) is 6.92 Å². The Balaban J connectivity index is 2.12. The van der Waals surface area contributed by atoms with Gasteiger partial charge in [0.2, 0.25) is 0 Å². The lowest BCUT2D eigenvalue weighted by Gasteiger charge is -2.12. The number of rotatable bonds is 7. The Morgan fingerprint density at radius 2 is 2.35 bits per heavy atom. The van der Waals surface area contributed by atoms with Gasteiger partial charge >= 0.3 is 5.97 Å². The summed E-state index contributed by atoms with van der Waals surface area (Å²) in [6, 6.07) is 0. The first-order valence-corrected chi connectivity index (χ1v) is 7.57. The van der Waals surface area contributed by atoms with E-state index in [9.17, 15) is 9.00 Å². The molecule has 4 nitrogen and oxygen atoms in total. The van der Waals surface area contributed by atoms with Crippen molar-refractivity contribution in [2.45, 2.75) is 50.4 Å². The van der Waals surface area contributed by atoms with Crippen LogP contribution in [0.4, 0.5) is 0 Å². The largest absolute Gasteiger partial charge is 0.469 e. The number of carbonyl (C=O) groups excluding carboxylic acids is 1. The van der Waals surface area contributed by atoms with Gasteiger partial charge in [0.15, 0.2) is 0 Å². The van der Waals surface area contributed by atoms with Crippen molar-refractivity contribution in [1.29, 1.82) is 0 Å². The van der Waals surface area contributed by atoms with Gasteiger partial charge < -0.3 is 9.47 Å². The smallest absolute Gasteiger partial charge is 0.306 e. The first kappa shape index (κ1) is 14.6. The average molecular weight is 262 g/mol. The van der Waals surface area contributed by atoms with Crippen molar-refractivity contribution in [3.05, 3.63) is 0 Å². The highest BCUT2D eigenvalue weighted by atomic mass is 32.2. The molecule has 0 aromatic rings. The SMILES string of the molecule is COC(=O)CC(C)S(=O)CCCC1CCCO1. The second-order valence-corrected chi connectivity index (χ2v) is 6.43. The molecule has 0 spiro atoms. The molecule has 0 radical (unpaired) electrons. The average Bonchev–Trinajstić information content (AvgIpc) is 2.81. The van der Waals surface area contributed by atoms with Crippen molar-refractivity contribution < 1.29 is 18.5 Å². The maximum Gasteiger partial charge on any atom is 0.306 e. The molecule has 1 aliphatic heterocycles. The molecule has 1 rings (SSSR count). The zero-order chi connectivity index (χ0) is 12.7. The van der Waals surface area contributed by atoms with Crippen molar-refractivity contribution in [2.24, 2.45) is 0 Å². The molecule has 0 aromatic heterocycles. The van der Waals surface area contributed by atoms with Gasteiger partial charge in [-0.25, -0.2) is 0 Å². The van der Waals surface area contributed by atoms with Crippen LogP contribution in [0.25, 0.3) is 0 Å². The van der Waals surface area contributed by atoms with E-state index in [0.29, 0.717) is 11.9 Å². The third kappa shape index (κ3) is 5.64. The minimum Gasteiger partial charge on any atom is -0.469 e. The monoisotopic (exact) mass is 262 g/mol. The molecule has 5 heteroatoms. The van der Waals surface area contributed by atoms with Gasteiger partial charge in [0.25, 0.3) is 0 Å². The quantitative estimate of drug-likeness (QED) is 0.655. The summed E-state index contributed by atoms with van der Waals surface area (Å²) in [5.74, 6) is 0.364. The molecule has 1 aliphatic rings. The highest BCUT2D eigenvalue weighted by Crippen LogP contribution is 2.17. The second kappa shape index (κ2) is 7.82. The van der Waals surface area contributed by atoms with E-state index in [1.54, 1.807) is 0 Å². The molecule has 3 atom stereocenters. The molecule has 1 fully saturated rings. The first-order chi connectivity index (χ1) is 8.13. The summed E-state index contributed by atoms with van der Waals surface area (Å²) in [7, 11) is 0.413. The van der Waals surface area contributed by atoms with E-state index >= 15 is 0 Å². The Morgan fingerprint density at radius 3 is 2.94 bits per heavy atom. The highest BCUT2D eigenvalue weighted by molar-refractivity contribution is 7.85. The zero-order valence-electron chi connectivity index (χ0n) is 10.6. The van der Waals surface area contributed by atoms with Crippen LogP contribution in [0.2, 0.25) is 0 Å². The van der Waals surface area contributed by atoms with Crippen LogP contribution in [0.15, 0.2) is 0 Å². The third-order valence-corrected chi connectivity index (χ3v) is 4.78. The van der Waals surface area contributed by atoms with Gasteiger partial charge in [0.05, 0.1) is 19.6 Å².